The van der Waals surface area contributed by atoms with Crippen LogP contribution in [0.3, 0.4) is 0 Å². The van der Waals surface area contributed by atoms with E-state index in [2.05, 4.69) is 10.3 Å². The van der Waals surface area contributed by atoms with Crippen LogP contribution in [0.15, 0.2) is 18.3 Å². The van der Waals surface area contributed by atoms with Gasteiger partial charge in [0.1, 0.15) is 11.5 Å². The van der Waals surface area contributed by atoms with Gasteiger partial charge in [0.15, 0.2) is 5.82 Å². The molecule has 1 heterocycles. The summed E-state index contributed by atoms with van der Waals surface area (Å²) < 4.78 is 30.0. The van der Waals surface area contributed by atoms with E-state index in [0.717, 1.165) is 18.5 Å². The molecule has 1 aliphatic carbocycles. The van der Waals surface area contributed by atoms with Gasteiger partial charge in [-0.3, -0.25) is 0 Å². The van der Waals surface area contributed by atoms with Crippen molar-refractivity contribution in [3.63, 3.8) is 0 Å². The van der Waals surface area contributed by atoms with Crippen LogP contribution in [0.5, 0.6) is 0 Å². The summed E-state index contributed by atoms with van der Waals surface area (Å²) in [4.78, 5) is 4.38. The Labute approximate surface area is 123 Å². The van der Waals surface area contributed by atoms with E-state index >= 15 is 0 Å². The number of benzene rings is 1. The van der Waals surface area contributed by atoms with Gasteiger partial charge in [0.2, 0.25) is 5.95 Å². The van der Waals surface area contributed by atoms with Crippen LogP contribution in [0, 0.1) is 25.5 Å². The molecule has 21 heavy (non-hydrogen) atoms. The Kier molecular flexibility index (Phi) is 3.66. The minimum atomic E-state index is -0.600. The van der Waals surface area contributed by atoms with Crippen molar-refractivity contribution in [2.45, 2.75) is 45.6 Å². The van der Waals surface area contributed by atoms with Gasteiger partial charge in [-0.1, -0.05) is 18.9 Å². The molecule has 1 N–H and O–H groups in total. The molecule has 3 rings (SSSR count). The van der Waals surface area contributed by atoms with E-state index < -0.39 is 11.6 Å². The number of halogens is 2. The minimum Gasteiger partial charge on any atom is -0.321 e. The smallest absolute Gasteiger partial charge is 0.207 e. The van der Waals surface area contributed by atoms with E-state index in [4.69, 9.17) is 0 Å². The van der Waals surface area contributed by atoms with Crippen LogP contribution in [-0.2, 0) is 0 Å². The molecule has 3 nitrogen and oxygen atoms in total. The Morgan fingerprint density at radius 3 is 2.62 bits per heavy atom. The monoisotopic (exact) mass is 291 g/mol. The molecule has 1 aliphatic rings. The lowest BCUT2D eigenvalue weighted by molar-refractivity contribution is 0.523. The quantitative estimate of drug-likeness (QED) is 0.893. The molecular weight excluding hydrogens is 272 g/mol. The summed E-state index contributed by atoms with van der Waals surface area (Å²) in [6.45, 7) is 3.51. The number of hydrogen-bond acceptors (Lipinski definition) is 2. The summed E-state index contributed by atoms with van der Waals surface area (Å²) in [6, 6.07) is 3.07. The molecule has 112 valence electrons. The Balaban J connectivity index is 1.97. The molecule has 1 fully saturated rings. The topological polar surface area (TPSA) is 29.9 Å². The van der Waals surface area contributed by atoms with Gasteiger partial charge in [-0.25, -0.2) is 13.8 Å². The van der Waals surface area contributed by atoms with Gasteiger partial charge in [0.25, 0.3) is 0 Å². The van der Waals surface area contributed by atoms with Gasteiger partial charge in [-0.05, 0) is 38.3 Å². The van der Waals surface area contributed by atoms with Crippen molar-refractivity contribution < 1.29 is 8.78 Å². The van der Waals surface area contributed by atoms with E-state index in [9.17, 15) is 8.78 Å². The lowest BCUT2D eigenvalue weighted by Crippen LogP contribution is -2.09. The molecule has 5 heteroatoms. The van der Waals surface area contributed by atoms with Gasteiger partial charge in [-0.2, -0.15) is 0 Å². The molecule has 0 bridgehead atoms. The summed E-state index contributed by atoms with van der Waals surface area (Å²) in [5.74, 6) is -0.645. The fraction of sp³-hybridized carbons (Fsp3) is 0.438. The van der Waals surface area contributed by atoms with Crippen molar-refractivity contribution >= 4 is 11.6 Å². The maximum atomic E-state index is 14.1. The number of nitrogens with zero attached hydrogens (tertiary/aromatic N) is 2. The highest BCUT2D eigenvalue weighted by Gasteiger charge is 2.22. The van der Waals surface area contributed by atoms with Crippen molar-refractivity contribution in [3.8, 4) is 0 Å². The molecule has 0 amide bonds. The summed E-state index contributed by atoms with van der Waals surface area (Å²) in [5, 5.41) is 2.85. The average molecular weight is 291 g/mol. The highest BCUT2D eigenvalue weighted by Crippen LogP contribution is 2.33. The fourth-order valence-electron chi connectivity index (χ4n) is 2.95. The Morgan fingerprint density at radius 2 is 1.90 bits per heavy atom. The van der Waals surface area contributed by atoms with Gasteiger partial charge in [0.05, 0.1) is 5.69 Å². The van der Waals surface area contributed by atoms with E-state index in [1.165, 1.54) is 25.0 Å². The van der Waals surface area contributed by atoms with E-state index in [1.54, 1.807) is 6.92 Å². The van der Waals surface area contributed by atoms with E-state index in [-0.39, 0.29) is 5.69 Å². The molecule has 2 aromatic rings. The number of imidazole rings is 1. The second-order valence-corrected chi connectivity index (χ2v) is 5.73. The normalized spacial score (nSPS) is 15.6. The van der Waals surface area contributed by atoms with Crippen molar-refractivity contribution in [1.82, 2.24) is 9.55 Å². The standard InChI is InChI=1S/C16H19F2N3/c1-10-7-8-13(17)15(14(10)18)20-16-19-11(2)9-21(16)12-5-3-4-6-12/h7-9,12H,3-6H2,1-2H3,(H,19,20). The summed E-state index contributed by atoms with van der Waals surface area (Å²) >= 11 is 0. The maximum absolute atomic E-state index is 14.1. The lowest BCUT2D eigenvalue weighted by atomic mass is 10.2. The predicted molar refractivity (Wildman–Crippen MR) is 78.8 cm³/mol. The lowest BCUT2D eigenvalue weighted by Gasteiger charge is -2.16. The van der Waals surface area contributed by atoms with E-state index in [1.807, 2.05) is 17.7 Å². The van der Waals surface area contributed by atoms with Crippen LogP contribution < -0.4 is 5.32 Å². The van der Waals surface area contributed by atoms with Crippen molar-refractivity contribution in [1.29, 1.82) is 0 Å². The molecule has 1 saturated carbocycles. The second-order valence-electron chi connectivity index (χ2n) is 5.73. The third-order valence-electron chi connectivity index (χ3n) is 4.09. The number of aromatic nitrogens is 2. The number of anilines is 2. The van der Waals surface area contributed by atoms with Crippen LogP contribution in [0.2, 0.25) is 0 Å². The second kappa shape index (κ2) is 5.47. The molecule has 0 radical (unpaired) electrons. The van der Waals surface area contributed by atoms with Crippen LogP contribution >= 0.6 is 0 Å². The van der Waals surface area contributed by atoms with Gasteiger partial charge in [-0.15, -0.1) is 0 Å². The maximum Gasteiger partial charge on any atom is 0.207 e. The van der Waals surface area contributed by atoms with Gasteiger partial charge >= 0.3 is 0 Å². The highest BCUT2D eigenvalue weighted by atomic mass is 19.1. The SMILES string of the molecule is Cc1cn(C2CCCC2)c(Nc2c(F)ccc(C)c2F)n1. The first-order chi connectivity index (χ1) is 10.1. The van der Waals surface area contributed by atoms with Crippen LogP contribution in [0.25, 0.3) is 0 Å². The third kappa shape index (κ3) is 2.64. The van der Waals surface area contributed by atoms with Gasteiger partial charge < -0.3 is 9.88 Å². The number of rotatable bonds is 3. The zero-order chi connectivity index (χ0) is 15.0. The number of aryl methyl sites for hydroxylation is 2. The molecule has 1 aromatic heterocycles. The largest absolute Gasteiger partial charge is 0.321 e. The zero-order valence-corrected chi connectivity index (χ0v) is 12.3. The van der Waals surface area contributed by atoms with E-state index in [0.29, 0.717) is 17.6 Å². The van der Waals surface area contributed by atoms with Crippen LogP contribution in [0.1, 0.15) is 43.0 Å². The Hall–Kier alpha value is -1.91. The molecule has 0 saturated heterocycles. The molecule has 0 aliphatic heterocycles. The Morgan fingerprint density at radius 1 is 1.19 bits per heavy atom. The van der Waals surface area contributed by atoms with Crippen molar-refractivity contribution in [3.05, 3.63) is 41.2 Å². The molecule has 0 atom stereocenters. The van der Waals surface area contributed by atoms with Gasteiger partial charge in [0, 0.05) is 12.2 Å². The molecule has 0 unspecified atom stereocenters. The first-order valence-corrected chi connectivity index (χ1v) is 7.33. The summed E-state index contributed by atoms with van der Waals surface area (Å²) in [6.07, 6.45) is 6.50. The van der Waals surface area contributed by atoms with Crippen molar-refractivity contribution in [2.24, 2.45) is 0 Å². The Bertz CT molecular complexity index is 658. The molecule has 0 spiro atoms. The van der Waals surface area contributed by atoms with Crippen LogP contribution in [-0.4, -0.2) is 9.55 Å². The number of hydrogen-bond donors (Lipinski definition) is 1. The highest BCUT2D eigenvalue weighted by molar-refractivity contribution is 5.57. The fourth-order valence-corrected chi connectivity index (χ4v) is 2.95. The average Bonchev–Trinajstić information content (AvgIpc) is 3.08. The zero-order valence-electron chi connectivity index (χ0n) is 12.3. The molecule has 1 aromatic carbocycles. The third-order valence-corrected chi connectivity index (χ3v) is 4.09. The first-order valence-electron chi connectivity index (χ1n) is 7.33. The number of nitrogens with one attached hydrogen (secondary N) is 1. The first kappa shape index (κ1) is 14.0. The summed E-state index contributed by atoms with van der Waals surface area (Å²) in [7, 11) is 0. The van der Waals surface area contributed by atoms with Crippen LogP contribution in [0.4, 0.5) is 20.4 Å². The summed E-state index contributed by atoms with van der Waals surface area (Å²) in [5.41, 5.74) is 1.13. The minimum absolute atomic E-state index is 0.125. The predicted octanol–water partition coefficient (Wildman–Crippen LogP) is 4.64. The van der Waals surface area contributed by atoms with Crippen molar-refractivity contribution in [2.75, 3.05) is 5.32 Å². The molecular formula is C16H19F2N3.